The molecular weight excluding hydrogens is 349 g/mol. The molecule has 7 heteroatoms. The summed E-state index contributed by atoms with van der Waals surface area (Å²) in [6.07, 6.45) is 2.58. The smallest absolute Gasteiger partial charge is 0.259 e. The van der Waals surface area contributed by atoms with Crippen LogP contribution in [0.4, 0.5) is 4.39 Å². The van der Waals surface area contributed by atoms with Gasteiger partial charge in [0.05, 0.1) is 28.4 Å². The van der Waals surface area contributed by atoms with E-state index < -0.39 is 0 Å². The van der Waals surface area contributed by atoms with E-state index in [1.165, 1.54) is 12.1 Å². The van der Waals surface area contributed by atoms with Crippen molar-refractivity contribution in [1.82, 2.24) is 15.5 Å². The van der Waals surface area contributed by atoms with Crippen LogP contribution in [0.15, 0.2) is 34.9 Å². The largest absolute Gasteiger partial charge is 0.393 e. The van der Waals surface area contributed by atoms with Crippen molar-refractivity contribution in [1.29, 1.82) is 0 Å². The molecule has 0 radical (unpaired) electrons. The van der Waals surface area contributed by atoms with Crippen LogP contribution in [0, 0.1) is 12.7 Å². The van der Waals surface area contributed by atoms with Crippen LogP contribution < -0.4 is 5.32 Å². The van der Waals surface area contributed by atoms with E-state index in [9.17, 15) is 14.3 Å². The van der Waals surface area contributed by atoms with Crippen molar-refractivity contribution in [2.45, 2.75) is 44.8 Å². The maximum absolute atomic E-state index is 13.2. The Morgan fingerprint density at radius 3 is 2.63 bits per heavy atom. The SMILES string of the molecule is Cc1noc2nc(-c3ccc(F)cc3)cc(C(=O)NC3CCC(O)CC3)c12. The summed E-state index contributed by atoms with van der Waals surface area (Å²) in [4.78, 5) is 17.4. The monoisotopic (exact) mass is 369 g/mol. The number of carbonyl (C=O) groups excluding carboxylic acids is 1. The van der Waals surface area contributed by atoms with Crippen LogP contribution in [0.5, 0.6) is 0 Å². The predicted molar refractivity (Wildman–Crippen MR) is 97.7 cm³/mol. The predicted octanol–water partition coefficient (Wildman–Crippen LogP) is 3.37. The van der Waals surface area contributed by atoms with Gasteiger partial charge in [0, 0.05) is 11.6 Å². The molecule has 1 aliphatic carbocycles. The second-order valence-electron chi connectivity index (χ2n) is 6.99. The number of hydrogen-bond acceptors (Lipinski definition) is 5. The van der Waals surface area contributed by atoms with Gasteiger partial charge in [-0.05, 0) is 62.9 Å². The molecule has 0 saturated heterocycles. The van der Waals surface area contributed by atoms with Gasteiger partial charge in [-0.15, -0.1) is 0 Å². The molecule has 1 aliphatic rings. The van der Waals surface area contributed by atoms with E-state index in [0.717, 1.165) is 12.8 Å². The Labute approximate surface area is 155 Å². The highest BCUT2D eigenvalue weighted by atomic mass is 19.1. The molecular formula is C20H20FN3O3. The number of halogens is 1. The highest BCUT2D eigenvalue weighted by molar-refractivity contribution is 6.07. The third-order valence-corrected chi connectivity index (χ3v) is 5.03. The Hall–Kier alpha value is -2.80. The molecule has 0 aliphatic heterocycles. The van der Waals surface area contributed by atoms with E-state index in [-0.39, 0.29) is 29.6 Å². The van der Waals surface area contributed by atoms with Gasteiger partial charge in [0.2, 0.25) is 0 Å². The fraction of sp³-hybridized carbons (Fsp3) is 0.350. The first kappa shape index (κ1) is 17.6. The molecule has 27 heavy (non-hydrogen) atoms. The van der Waals surface area contributed by atoms with E-state index in [1.54, 1.807) is 25.1 Å². The number of aryl methyl sites for hydroxylation is 1. The van der Waals surface area contributed by atoms with Crippen LogP contribution >= 0.6 is 0 Å². The fourth-order valence-corrected chi connectivity index (χ4v) is 3.53. The number of benzene rings is 1. The number of pyridine rings is 1. The second kappa shape index (κ2) is 7.08. The van der Waals surface area contributed by atoms with E-state index in [4.69, 9.17) is 4.52 Å². The van der Waals surface area contributed by atoms with Gasteiger partial charge in [-0.3, -0.25) is 4.79 Å². The highest BCUT2D eigenvalue weighted by Crippen LogP contribution is 2.28. The van der Waals surface area contributed by atoms with E-state index in [0.29, 0.717) is 40.7 Å². The molecule has 140 valence electrons. The minimum absolute atomic E-state index is 0.0264. The molecule has 0 unspecified atom stereocenters. The Bertz CT molecular complexity index is 976. The van der Waals surface area contributed by atoms with E-state index in [1.807, 2.05) is 0 Å². The van der Waals surface area contributed by atoms with Gasteiger partial charge < -0.3 is 14.9 Å². The standard InChI is InChI=1S/C20H20FN3O3/c1-11-18-16(19(26)22-14-6-8-15(25)9-7-14)10-17(23-20(18)27-24-11)12-2-4-13(21)5-3-12/h2-5,10,14-15,25H,6-9H2,1H3,(H,22,26). The number of rotatable bonds is 3. The molecule has 2 heterocycles. The van der Waals surface area contributed by atoms with Crippen molar-refractivity contribution in [3.05, 3.63) is 47.4 Å². The highest BCUT2D eigenvalue weighted by Gasteiger charge is 2.24. The van der Waals surface area contributed by atoms with Crippen LogP contribution in [0.1, 0.15) is 41.7 Å². The van der Waals surface area contributed by atoms with Crippen LogP contribution in [0.3, 0.4) is 0 Å². The summed E-state index contributed by atoms with van der Waals surface area (Å²) >= 11 is 0. The number of hydrogen-bond donors (Lipinski definition) is 2. The summed E-state index contributed by atoms with van der Waals surface area (Å²) in [5.41, 5.74) is 2.50. The Morgan fingerprint density at radius 2 is 1.93 bits per heavy atom. The minimum Gasteiger partial charge on any atom is -0.393 e. The number of aromatic nitrogens is 2. The molecule has 0 atom stereocenters. The molecule has 6 nitrogen and oxygen atoms in total. The number of amides is 1. The minimum atomic E-state index is -0.340. The molecule has 2 N–H and O–H groups in total. The Kier molecular flexibility index (Phi) is 4.61. The van der Waals surface area contributed by atoms with Crippen LogP contribution in [-0.2, 0) is 0 Å². The molecule has 1 fully saturated rings. The van der Waals surface area contributed by atoms with Crippen LogP contribution in [0.25, 0.3) is 22.4 Å². The molecule has 1 aromatic carbocycles. The summed E-state index contributed by atoms with van der Waals surface area (Å²) in [5.74, 6) is -0.564. The number of nitrogens with one attached hydrogen (secondary N) is 1. The number of nitrogens with zero attached hydrogens (tertiary/aromatic N) is 2. The zero-order chi connectivity index (χ0) is 19.0. The van der Waals surface area contributed by atoms with Crippen molar-refractivity contribution in [3.63, 3.8) is 0 Å². The summed E-state index contributed by atoms with van der Waals surface area (Å²) in [6, 6.07) is 7.62. The van der Waals surface area contributed by atoms with Crippen LogP contribution in [0.2, 0.25) is 0 Å². The van der Waals surface area contributed by atoms with Crippen molar-refractivity contribution < 1.29 is 18.8 Å². The van der Waals surface area contributed by atoms with Gasteiger partial charge in [0.25, 0.3) is 11.6 Å². The zero-order valence-electron chi connectivity index (χ0n) is 14.9. The van der Waals surface area contributed by atoms with Crippen molar-refractivity contribution in [2.75, 3.05) is 0 Å². The fourth-order valence-electron chi connectivity index (χ4n) is 3.53. The van der Waals surface area contributed by atoms with Crippen molar-refractivity contribution in [2.24, 2.45) is 0 Å². The molecule has 1 amide bonds. The average molecular weight is 369 g/mol. The Morgan fingerprint density at radius 1 is 1.22 bits per heavy atom. The number of aliphatic hydroxyl groups excluding tert-OH is 1. The number of fused-ring (bicyclic) bond motifs is 1. The van der Waals surface area contributed by atoms with Gasteiger partial charge in [-0.2, -0.15) is 0 Å². The summed E-state index contributed by atoms with van der Waals surface area (Å²) < 4.78 is 18.5. The van der Waals surface area contributed by atoms with Crippen molar-refractivity contribution in [3.8, 4) is 11.3 Å². The maximum Gasteiger partial charge on any atom is 0.259 e. The molecule has 0 bridgehead atoms. The van der Waals surface area contributed by atoms with Gasteiger partial charge in [-0.1, -0.05) is 5.16 Å². The number of carbonyl (C=O) groups is 1. The molecule has 2 aromatic heterocycles. The lowest BCUT2D eigenvalue weighted by Gasteiger charge is -2.26. The summed E-state index contributed by atoms with van der Waals surface area (Å²) in [5, 5.41) is 17.2. The first-order chi connectivity index (χ1) is 13.0. The third-order valence-electron chi connectivity index (χ3n) is 5.03. The average Bonchev–Trinajstić information content (AvgIpc) is 3.04. The normalized spacial score (nSPS) is 20.0. The summed E-state index contributed by atoms with van der Waals surface area (Å²) in [6.45, 7) is 1.76. The molecule has 0 spiro atoms. The molecule has 1 saturated carbocycles. The summed E-state index contributed by atoms with van der Waals surface area (Å²) in [7, 11) is 0. The lowest BCUT2D eigenvalue weighted by Crippen LogP contribution is -2.38. The quantitative estimate of drug-likeness (QED) is 0.739. The maximum atomic E-state index is 13.2. The lowest BCUT2D eigenvalue weighted by molar-refractivity contribution is 0.0869. The topological polar surface area (TPSA) is 88.2 Å². The van der Waals surface area contributed by atoms with Crippen LogP contribution in [-0.4, -0.2) is 33.3 Å². The second-order valence-corrected chi connectivity index (χ2v) is 6.99. The van der Waals surface area contributed by atoms with Gasteiger partial charge in [0.15, 0.2) is 0 Å². The Balaban J connectivity index is 1.70. The molecule has 3 aromatic rings. The zero-order valence-corrected chi connectivity index (χ0v) is 14.9. The van der Waals surface area contributed by atoms with Gasteiger partial charge in [-0.25, -0.2) is 9.37 Å². The van der Waals surface area contributed by atoms with Gasteiger partial charge >= 0.3 is 0 Å². The number of aliphatic hydroxyl groups is 1. The first-order valence-electron chi connectivity index (χ1n) is 9.03. The molecule has 4 rings (SSSR count). The van der Waals surface area contributed by atoms with Crippen molar-refractivity contribution >= 4 is 17.0 Å². The third kappa shape index (κ3) is 3.55. The van der Waals surface area contributed by atoms with E-state index >= 15 is 0 Å². The van der Waals surface area contributed by atoms with Gasteiger partial charge in [0.1, 0.15) is 5.82 Å². The van der Waals surface area contributed by atoms with E-state index in [2.05, 4.69) is 15.5 Å². The lowest BCUT2D eigenvalue weighted by atomic mass is 9.93. The first-order valence-corrected chi connectivity index (χ1v) is 9.03.